The third kappa shape index (κ3) is 8.60. The molecule has 0 aliphatic heterocycles. The molecule has 156 valence electrons. The second-order valence-corrected chi connectivity index (χ2v) is 8.36. The summed E-state index contributed by atoms with van der Waals surface area (Å²) in [6.45, 7) is 1.43. The first-order chi connectivity index (χ1) is 13.1. The second kappa shape index (κ2) is 12.3. The molecule has 6 nitrogen and oxygen atoms in total. The Morgan fingerprint density at radius 1 is 0.630 bits per heavy atom. The Bertz CT molecular complexity index is 396. The average molecular weight is 385 g/mol. The van der Waals surface area contributed by atoms with Gasteiger partial charge in [0.15, 0.2) is 0 Å². The molecule has 2 rings (SSSR count). The first kappa shape index (κ1) is 22.2. The molecule has 6 heteroatoms. The Hall–Kier alpha value is -1.14. The van der Waals surface area contributed by atoms with Gasteiger partial charge in [-0.1, -0.05) is 0 Å². The smallest absolute Gasteiger partial charge is 0.305 e. The molecule has 0 aromatic heterocycles. The van der Waals surface area contributed by atoms with Crippen molar-refractivity contribution in [1.82, 2.24) is 0 Å². The number of carbonyl (C=O) groups is 2. The fourth-order valence-electron chi connectivity index (χ4n) is 4.10. The first-order valence-electron chi connectivity index (χ1n) is 10.6. The van der Waals surface area contributed by atoms with Crippen LogP contribution in [0.5, 0.6) is 0 Å². The highest BCUT2D eigenvalue weighted by molar-refractivity contribution is 5.72. The van der Waals surface area contributed by atoms with Crippen molar-refractivity contribution in [3.8, 4) is 0 Å². The maximum Gasteiger partial charge on any atom is 0.305 e. The van der Waals surface area contributed by atoms with E-state index in [4.69, 9.17) is 19.7 Å². The average Bonchev–Trinajstić information content (AvgIpc) is 2.71. The highest BCUT2D eigenvalue weighted by atomic mass is 16.5. The van der Waals surface area contributed by atoms with Gasteiger partial charge in [0, 0.05) is 26.1 Å². The summed E-state index contributed by atoms with van der Waals surface area (Å²) < 4.78 is 10.7. The van der Waals surface area contributed by atoms with Gasteiger partial charge in [-0.2, -0.15) is 0 Å². The highest BCUT2D eigenvalue weighted by Crippen LogP contribution is 2.29. The SMILES string of the molecule is O=C(CCCC(=O)OCC1CCC(CO)CC1)OCC1CCC(CO)CC1. The van der Waals surface area contributed by atoms with E-state index >= 15 is 0 Å². The van der Waals surface area contributed by atoms with Crippen molar-refractivity contribution in [1.29, 1.82) is 0 Å². The van der Waals surface area contributed by atoms with Crippen LogP contribution in [0, 0.1) is 23.7 Å². The summed E-state index contributed by atoms with van der Waals surface area (Å²) in [6.07, 6.45) is 9.01. The number of hydrogen-bond donors (Lipinski definition) is 2. The van der Waals surface area contributed by atoms with Gasteiger partial charge in [0.1, 0.15) is 0 Å². The maximum absolute atomic E-state index is 11.8. The molecule has 0 aromatic rings. The molecule has 2 aliphatic carbocycles. The van der Waals surface area contributed by atoms with Crippen LogP contribution < -0.4 is 0 Å². The van der Waals surface area contributed by atoms with Gasteiger partial charge in [-0.05, 0) is 81.5 Å². The van der Waals surface area contributed by atoms with Crippen LogP contribution in [0.2, 0.25) is 0 Å². The second-order valence-electron chi connectivity index (χ2n) is 8.36. The molecule has 2 aliphatic rings. The predicted octanol–water partition coefficient (Wildman–Crippen LogP) is 2.84. The van der Waals surface area contributed by atoms with Crippen LogP contribution in [0.25, 0.3) is 0 Å². The molecule has 0 unspecified atom stereocenters. The number of ether oxygens (including phenoxy) is 2. The molecule has 0 saturated heterocycles. The Morgan fingerprint density at radius 2 is 0.963 bits per heavy atom. The lowest BCUT2D eigenvalue weighted by molar-refractivity contribution is -0.147. The van der Waals surface area contributed by atoms with E-state index in [2.05, 4.69) is 0 Å². The van der Waals surface area contributed by atoms with E-state index in [0.29, 0.717) is 43.3 Å². The van der Waals surface area contributed by atoms with Crippen molar-refractivity contribution in [2.75, 3.05) is 26.4 Å². The number of esters is 2. The molecule has 0 heterocycles. The van der Waals surface area contributed by atoms with Crippen LogP contribution in [-0.2, 0) is 19.1 Å². The number of carbonyl (C=O) groups excluding carboxylic acids is 2. The van der Waals surface area contributed by atoms with Gasteiger partial charge in [0.2, 0.25) is 0 Å². The van der Waals surface area contributed by atoms with Crippen molar-refractivity contribution >= 4 is 11.9 Å². The summed E-state index contributed by atoms with van der Waals surface area (Å²) in [5.41, 5.74) is 0. The molecule has 27 heavy (non-hydrogen) atoms. The molecule has 0 bridgehead atoms. The van der Waals surface area contributed by atoms with Gasteiger partial charge in [-0.25, -0.2) is 0 Å². The Balaban J connectivity index is 1.47. The number of aliphatic hydroxyl groups is 2. The van der Waals surface area contributed by atoms with Crippen molar-refractivity contribution in [2.45, 2.75) is 70.6 Å². The molecule has 2 saturated carbocycles. The number of rotatable bonds is 10. The lowest BCUT2D eigenvalue weighted by atomic mass is 9.83. The summed E-state index contributed by atoms with van der Waals surface area (Å²) in [6, 6.07) is 0. The standard InChI is InChI=1S/C21H36O6/c22-12-16-4-8-18(9-5-16)14-26-20(24)2-1-3-21(25)27-15-19-10-6-17(13-23)7-11-19/h16-19,22-23H,1-15H2. The zero-order valence-electron chi connectivity index (χ0n) is 16.4. The molecule has 0 aromatic carbocycles. The minimum absolute atomic E-state index is 0.241. The van der Waals surface area contributed by atoms with E-state index in [1.165, 1.54) is 0 Å². The van der Waals surface area contributed by atoms with E-state index in [9.17, 15) is 9.59 Å². The number of aliphatic hydroxyl groups excluding tert-OH is 2. The van der Waals surface area contributed by atoms with Crippen LogP contribution >= 0.6 is 0 Å². The minimum Gasteiger partial charge on any atom is -0.465 e. The Kier molecular flexibility index (Phi) is 10.1. The molecule has 0 amide bonds. The van der Waals surface area contributed by atoms with Crippen LogP contribution in [0.4, 0.5) is 0 Å². The summed E-state index contributed by atoms with van der Waals surface area (Å²) in [5.74, 6) is 1.15. The van der Waals surface area contributed by atoms with E-state index in [1.54, 1.807) is 0 Å². The Morgan fingerprint density at radius 3 is 1.30 bits per heavy atom. The lowest BCUT2D eigenvalue weighted by Gasteiger charge is -2.27. The normalized spacial score (nSPS) is 28.5. The van der Waals surface area contributed by atoms with Crippen molar-refractivity contribution in [2.24, 2.45) is 23.7 Å². The van der Waals surface area contributed by atoms with Crippen LogP contribution in [0.15, 0.2) is 0 Å². The van der Waals surface area contributed by atoms with Crippen molar-refractivity contribution < 1.29 is 29.3 Å². The van der Waals surface area contributed by atoms with Crippen LogP contribution in [-0.4, -0.2) is 48.6 Å². The first-order valence-corrected chi connectivity index (χ1v) is 10.6. The highest BCUT2D eigenvalue weighted by Gasteiger charge is 2.23. The topological polar surface area (TPSA) is 93.1 Å². The molecular weight excluding hydrogens is 348 g/mol. The van der Waals surface area contributed by atoms with E-state index in [1.807, 2.05) is 0 Å². The van der Waals surface area contributed by atoms with E-state index in [0.717, 1.165) is 51.4 Å². The van der Waals surface area contributed by atoms with Gasteiger partial charge < -0.3 is 19.7 Å². The zero-order chi connectivity index (χ0) is 19.5. The fourth-order valence-corrected chi connectivity index (χ4v) is 4.10. The molecular formula is C21H36O6. The van der Waals surface area contributed by atoms with Gasteiger partial charge >= 0.3 is 11.9 Å². The van der Waals surface area contributed by atoms with Crippen molar-refractivity contribution in [3.05, 3.63) is 0 Å². The van der Waals surface area contributed by atoms with Gasteiger partial charge in [-0.15, -0.1) is 0 Å². The zero-order valence-corrected chi connectivity index (χ0v) is 16.4. The van der Waals surface area contributed by atoms with Crippen molar-refractivity contribution in [3.63, 3.8) is 0 Å². The summed E-state index contributed by atoms with van der Waals surface area (Å²) >= 11 is 0. The quantitative estimate of drug-likeness (QED) is 0.563. The maximum atomic E-state index is 11.8. The van der Waals surface area contributed by atoms with E-state index in [-0.39, 0.29) is 38.0 Å². The molecule has 2 N–H and O–H groups in total. The number of hydrogen-bond acceptors (Lipinski definition) is 6. The molecule has 0 spiro atoms. The summed E-state index contributed by atoms with van der Waals surface area (Å²) in [4.78, 5) is 23.6. The Labute approximate surface area is 162 Å². The van der Waals surface area contributed by atoms with Gasteiger partial charge in [0.05, 0.1) is 13.2 Å². The third-order valence-electron chi connectivity index (χ3n) is 6.17. The van der Waals surface area contributed by atoms with E-state index < -0.39 is 0 Å². The van der Waals surface area contributed by atoms with Gasteiger partial charge in [0.25, 0.3) is 0 Å². The molecule has 0 radical (unpaired) electrons. The monoisotopic (exact) mass is 384 g/mol. The van der Waals surface area contributed by atoms with Gasteiger partial charge in [-0.3, -0.25) is 9.59 Å². The summed E-state index contributed by atoms with van der Waals surface area (Å²) in [5, 5.41) is 18.3. The third-order valence-corrected chi connectivity index (χ3v) is 6.17. The minimum atomic E-state index is -0.241. The summed E-state index contributed by atoms with van der Waals surface area (Å²) in [7, 11) is 0. The largest absolute Gasteiger partial charge is 0.465 e. The van der Waals surface area contributed by atoms with Crippen LogP contribution in [0.3, 0.4) is 0 Å². The lowest BCUT2D eigenvalue weighted by Crippen LogP contribution is -2.22. The van der Waals surface area contributed by atoms with Crippen LogP contribution in [0.1, 0.15) is 70.6 Å². The molecule has 0 atom stereocenters. The predicted molar refractivity (Wildman–Crippen MR) is 101 cm³/mol. The molecule has 2 fully saturated rings. The fraction of sp³-hybridized carbons (Fsp3) is 0.905.